The Kier molecular flexibility index (Phi) is 4.81. The zero-order chi connectivity index (χ0) is 13.8. The van der Waals surface area contributed by atoms with E-state index in [2.05, 4.69) is 18.8 Å². The normalized spacial score (nSPS) is 16.0. The van der Waals surface area contributed by atoms with Crippen LogP contribution < -0.4 is 0 Å². The van der Waals surface area contributed by atoms with Gasteiger partial charge in [0.05, 0.1) is 10.6 Å². The molecule has 0 bridgehead atoms. The number of halogens is 1. The summed E-state index contributed by atoms with van der Waals surface area (Å²) in [6.45, 7) is 5.08. The molecule has 0 radical (unpaired) electrons. The van der Waals surface area contributed by atoms with Gasteiger partial charge in [0.15, 0.2) is 0 Å². The van der Waals surface area contributed by atoms with Crippen LogP contribution in [0.4, 0.5) is 0 Å². The average molecular weight is 281 g/mol. The second-order valence-electron chi connectivity index (χ2n) is 5.65. The van der Waals surface area contributed by atoms with Gasteiger partial charge in [-0.1, -0.05) is 38.3 Å². The molecule has 2 rings (SSSR count). The number of nitrogens with zero attached hydrogens (tertiary/aromatic N) is 2. The molecule has 3 nitrogen and oxygen atoms in total. The van der Waals surface area contributed by atoms with E-state index in [-0.39, 0.29) is 5.91 Å². The SMILES string of the molecule is CC(C)CN(C(=O)c1ccncc1Cl)C1CCCC1. The van der Waals surface area contributed by atoms with Crippen molar-refractivity contribution in [2.75, 3.05) is 6.54 Å². The Labute approximate surface area is 120 Å². The molecule has 1 fully saturated rings. The Morgan fingerprint density at radius 2 is 2.16 bits per heavy atom. The fraction of sp³-hybridized carbons (Fsp3) is 0.600. The third-order valence-electron chi connectivity index (χ3n) is 3.59. The van der Waals surface area contributed by atoms with Crippen molar-refractivity contribution < 1.29 is 4.79 Å². The van der Waals surface area contributed by atoms with Gasteiger partial charge in [-0.05, 0) is 24.8 Å². The van der Waals surface area contributed by atoms with Crippen LogP contribution in [0.2, 0.25) is 5.02 Å². The second kappa shape index (κ2) is 6.38. The number of carbonyl (C=O) groups excluding carboxylic acids is 1. The molecule has 0 spiro atoms. The third kappa shape index (κ3) is 3.47. The van der Waals surface area contributed by atoms with Gasteiger partial charge in [0.1, 0.15) is 0 Å². The molecule has 4 heteroatoms. The van der Waals surface area contributed by atoms with Crippen molar-refractivity contribution in [2.24, 2.45) is 5.92 Å². The number of aromatic nitrogens is 1. The highest BCUT2D eigenvalue weighted by Gasteiger charge is 2.28. The Balaban J connectivity index is 2.22. The zero-order valence-electron chi connectivity index (χ0n) is 11.6. The van der Waals surface area contributed by atoms with Crippen molar-refractivity contribution in [1.29, 1.82) is 0 Å². The number of carbonyl (C=O) groups is 1. The van der Waals surface area contributed by atoms with Gasteiger partial charge in [-0.3, -0.25) is 9.78 Å². The molecular formula is C15H21ClN2O. The molecule has 104 valence electrons. The van der Waals surface area contributed by atoms with Crippen molar-refractivity contribution in [1.82, 2.24) is 9.88 Å². The molecule has 1 aliphatic rings. The molecule has 0 aromatic carbocycles. The largest absolute Gasteiger partial charge is 0.335 e. The lowest BCUT2D eigenvalue weighted by Gasteiger charge is -2.31. The van der Waals surface area contributed by atoms with E-state index in [0.29, 0.717) is 22.5 Å². The first-order valence-electron chi connectivity index (χ1n) is 7.00. The van der Waals surface area contributed by atoms with E-state index in [4.69, 9.17) is 11.6 Å². The summed E-state index contributed by atoms with van der Waals surface area (Å²) in [5.74, 6) is 0.512. The van der Waals surface area contributed by atoms with Crippen molar-refractivity contribution in [3.8, 4) is 0 Å². The molecule has 1 amide bonds. The highest BCUT2D eigenvalue weighted by atomic mass is 35.5. The smallest absolute Gasteiger partial charge is 0.255 e. The molecule has 1 aromatic rings. The first-order chi connectivity index (χ1) is 9.09. The monoisotopic (exact) mass is 280 g/mol. The van der Waals surface area contributed by atoms with E-state index >= 15 is 0 Å². The molecule has 1 heterocycles. The zero-order valence-corrected chi connectivity index (χ0v) is 12.4. The van der Waals surface area contributed by atoms with E-state index in [1.807, 2.05) is 4.90 Å². The Hall–Kier alpha value is -1.09. The third-order valence-corrected chi connectivity index (χ3v) is 3.89. The molecule has 0 unspecified atom stereocenters. The van der Waals surface area contributed by atoms with Crippen LogP contribution in [0, 0.1) is 5.92 Å². The lowest BCUT2D eigenvalue weighted by molar-refractivity contribution is 0.0655. The standard InChI is InChI=1S/C15H21ClN2O/c1-11(2)10-18(12-5-3-4-6-12)15(19)13-7-8-17-9-14(13)16/h7-9,11-12H,3-6,10H2,1-2H3. The van der Waals surface area contributed by atoms with Crippen LogP contribution in [0.1, 0.15) is 49.9 Å². The summed E-state index contributed by atoms with van der Waals surface area (Å²) >= 11 is 6.10. The van der Waals surface area contributed by atoms with Crippen LogP contribution >= 0.6 is 11.6 Å². The summed E-state index contributed by atoms with van der Waals surface area (Å²) in [5, 5.41) is 0.444. The topological polar surface area (TPSA) is 33.2 Å². The molecular weight excluding hydrogens is 260 g/mol. The van der Waals surface area contributed by atoms with Gasteiger partial charge in [-0.2, -0.15) is 0 Å². The van der Waals surface area contributed by atoms with Gasteiger partial charge in [0.25, 0.3) is 5.91 Å². The van der Waals surface area contributed by atoms with Gasteiger partial charge in [-0.15, -0.1) is 0 Å². The summed E-state index contributed by atoms with van der Waals surface area (Å²) in [6, 6.07) is 2.09. The van der Waals surface area contributed by atoms with Crippen LogP contribution in [-0.2, 0) is 0 Å². The summed E-state index contributed by atoms with van der Waals surface area (Å²) in [7, 11) is 0. The quantitative estimate of drug-likeness (QED) is 0.841. The minimum Gasteiger partial charge on any atom is -0.335 e. The van der Waals surface area contributed by atoms with Crippen molar-refractivity contribution in [3.63, 3.8) is 0 Å². The summed E-state index contributed by atoms with van der Waals surface area (Å²) in [5.41, 5.74) is 0.573. The molecule has 19 heavy (non-hydrogen) atoms. The minimum atomic E-state index is 0.0491. The van der Waals surface area contributed by atoms with Gasteiger partial charge < -0.3 is 4.90 Å². The predicted octanol–water partition coefficient (Wildman–Crippen LogP) is 3.78. The van der Waals surface area contributed by atoms with Crippen LogP contribution in [0.5, 0.6) is 0 Å². The van der Waals surface area contributed by atoms with Crippen LogP contribution in [0.15, 0.2) is 18.5 Å². The van der Waals surface area contributed by atoms with E-state index in [0.717, 1.165) is 19.4 Å². The first kappa shape index (κ1) is 14.3. The minimum absolute atomic E-state index is 0.0491. The summed E-state index contributed by atoms with van der Waals surface area (Å²) < 4.78 is 0. The maximum absolute atomic E-state index is 12.7. The van der Waals surface area contributed by atoms with E-state index < -0.39 is 0 Å². The Morgan fingerprint density at radius 3 is 2.74 bits per heavy atom. The van der Waals surface area contributed by atoms with E-state index in [1.54, 1.807) is 12.3 Å². The summed E-state index contributed by atoms with van der Waals surface area (Å²) in [6.07, 6.45) is 7.83. The van der Waals surface area contributed by atoms with Gasteiger partial charge in [-0.25, -0.2) is 0 Å². The van der Waals surface area contributed by atoms with Crippen molar-refractivity contribution in [3.05, 3.63) is 29.0 Å². The number of rotatable bonds is 4. The molecule has 0 atom stereocenters. The first-order valence-corrected chi connectivity index (χ1v) is 7.38. The Bertz CT molecular complexity index is 442. The van der Waals surface area contributed by atoms with Crippen LogP contribution in [0.25, 0.3) is 0 Å². The average Bonchev–Trinajstić information content (AvgIpc) is 2.89. The van der Waals surface area contributed by atoms with E-state index in [9.17, 15) is 4.79 Å². The number of amides is 1. The van der Waals surface area contributed by atoms with E-state index in [1.165, 1.54) is 19.0 Å². The fourth-order valence-corrected chi connectivity index (χ4v) is 2.91. The molecule has 0 N–H and O–H groups in total. The molecule has 0 aliphatic heterocycles. The maximum Gasteiger partial charge on any atom is 0.255 e. The molecule has 1 aromatic heterocycles. The maximum atomic E-state index is 12.7. The molecule has 0 saturated heterocycles. The molecule has 1 saturated carbocycles. The van der Waals surface area contributed by atoms with Crippen LogP contribution in [-0.4, -0.2) is 28.4 Å². The summed E-state index contributed by atoms with van der Waals surface area (Å²) in [4.78, 5) is 18.7. The van der Waals surface area contributed by atoms with Gasteiger partial charge >= 0.3 is 0 Å². The number of hydrogen-bond donors (Lipinski definition) is 0. The van der Waals surface area contributed by atoms with Crippen molar-refractivity contribution >= 4 is 17.5 Å². The Morgan fingerprint density at radius 1 is 1.47 bits per heavy atom. The fourth-order valence-electron chi connectivity index (χ4n) is 2.71. The lowest BCUT2D eigenvalue weighted by Crippen LogP contribution is -2.41. The highest BCUT2D eigenvalue weighted by Crippen LogP contribution is 2.27. The number of hydrogen-bond acceptors (Lipinski definition) is 2. The predicted molar refractivity (Wildman–Crippen MR) is 77.4 cm³/mol. The van der Waals surface area contributed by atoms with Crippen LogP contribution in [0.3, 0.4) is 0 Å². The molecule has 1 aliphatic carbocycles. The van der Waals surface area contributed by atoms with Gasteiger partial charge in [0.2, 0.25) is 0 Å². The van der Waals surface area contributed by atoms with Gasteiger partial charge in [0, 0.05) is 25.0 Å². The van der Waals surface area contributed by atoms with Crippen molar-refractivity contribution in [2.45, 2.75) is 45.6 Å². The second-order valence-corrected chi connectivity index (χ2v) is 6.05. The number of pyridine rings is 1. The lowest BCUT2D eigenvalue weighted by atomic mass is 10.1. The highest BCUT2D eigenvalue weighted by molar-refractivity contribution is 6.33.